The molecule has 0 saturated carbocycles. The van der Waals surface area contributed by atoms with Crippen LogP contribution in [0.25, 0.3) is 0 Å². The zero-order valence-corrected chi connectivity index (χ0v) is 18.7. The summed E-state index contributed by atoms with van der Waals surface area (Å²) in [5.74, 6) is -0.355. The molecule has 0 atom stereocenters. The van der Waals surface area contributed by atoms with Gasteiger partial charge in [0, 0.05) is 38.6 Å². The highest BCUT2D eigenvalue weighted by atomic mass is 35.5. The van der Waals surface area contributed by atoms with E-state index in [1.807, 2.05) is 6.07 Å². The van der Waals surface area contributed by atoms with Gasteiger partial charge in [-0.1, -0.05) is 23.7 Å². The maximum absolute atomic E-state index is 12.7. The van der Waals surface area contributed by atoms with Crippen molar-refractivity contribution in [3.8, 4) is 5.75 Å². The third kappa shape index (κ3) is 5.21. The van der Waals surface area contributed by atoms with E-state index in [9.17, 15) is 9.59 Å². The predicted molar refractivity (Wildman–Crippen MR) is 120 cm³/mol. The fourth-order valence-electron chi connectivity index (χ4n) is 3.07. The van der Waals surface area contributed by atoms with Crippen molar-refractivity contribution < 1.29 is 14.3 Å². The van der Waals surface area contributed by atoms with Crippen LogP contribution in [0.5, 0.6) is 5.75 Å². The molecule has 0 radical (unpaired) electrons. The minimum atomic E-state index is -0.485. The Morgan fingerprint density at radius 3 is 2.67 bits per heavy atom. The van der Waals surface area contributed by atoms with Crippen molar-refractivity contribution >= 4 is 29.1 Å². The van der Waals surface area contributed by atoms with Crippen molar-refractivity contribution in [3.63, 3.8) is 0 Å². The zero-order chi connectivity index (χ0) is 23.4. The van der Waals surface area contributed by atoms with Gasteiger partial charge in [0.25, 0.3) is 11.8 Å². The van der Waals surface area contributed by atoms with Crippen LogP contribution >= 0.6 is 11.6 Å². The second-order valence-electron chi connectivity index (χ2n) is 7.13. The van der Waals surface area contributed by atoms with E-state index >= 15 is 0 Å². The van der Waals surface area contributed by atoms with Gasteiger partial charge in [-0.3, -0.25) is 19.0 Å². The summed E-state index contributed by atoms with van der Waals surface area (Å²) in [7, 11) is 3.42. The summed E-state index contributed by atoms with van der Waals surface area (Å²) in [6.07, 6.45) is 6.49. The van der Waals surface area contributed by atoms with E-state index in [2.05, 4.69) is 25.9 Å². The van der Waals surface area contributed by atoms with Crippen molar-refractivity contribution in [2.45, 2.75) is 13.3 Å². The van der Waals surface area contributed by atoms with Crippen molar-refractivity contribution in [3.05, 3.63) is 77.1 Å². The second-order valence-corrected chi connectivity index (χ2v) is 7.54. The maximum atomic E-state index is 12.7. The summed E-state index contributed by atoms with van der Waals surface area (Å²) < 4.78 is 10.1. The number of nitrogens with zero attached hydrogens (tertiary/aromatic N) is 6. The molecule has 11 nitrogen and oxygen atoms in total. The molecule has 0 fully saturated rings. The first-order valence-corrected chi connectivity index (χ1v) is 10.3. The molecule has 3 aromatic heterocycles. The molecular formula is C21H21ClN8O3. The molecule has 0 spiro atoms. The van der Waals surface area contributed by atoms with Gasteiger partial charge in [0.15, 0.2) is 12.4 Å². The molecule has 0 aliphatic rings. The number of ether oxygens (including phenoxy) is 1. The van der Waals surface area contributed by atoms with Crippen molar-refractivity contribution in [2.75, 3.05) is 5.32 Å². The van der Waals surface area contributed by atoms with Gasteiger partial charge in [-0.15, -0.1) is 0 Å². The fraction of sp³-hybridized carbons (Fsp3) is 0.190. The quantitative estimate of drug-likeness (QED) is 0.409. The Labute approximate surface area is 193 Å². The second kappa shape index (κ2) is 9.57. The third-order valence-electron chi connectivity index (χ3n) is 4.68. The van der Waals surface area contributed by atoms with Crippen LogP contribution in [0.1, 0.15) is 26.5 Å². The van der Waals surface area contributed by atoms with Crippen molar-refractivity contribution in [1.29, 1.82) is 0 Å². The molecule has 0 aliphatic heterocycles. The Morgan fingerprint density at radius 1 is 1.09 bits per heavy atom. The van der Waals surface area contributed by atoms with Crippen LogP contribution in [0.4, 0.5) is 5.69 Å². The molecule has 2 amide bonds. The number of benzene rings is 1. The van der Waals surface area contributed by atoms with Crippen LogP contribution in [-0.2, 0) is 27.4 Å². The van der Waals surface area contributed by atoms with Crippen LogP contribution < -0.4 is 15.4 Å². The van der Waals surface area contributed by atoms with Crippen LogP contribution in [0.15, 0.2) is 55.1 Å². The number of aryl methyl sites for hydroxylation is 2. The molecular weight excluding hydrogens is 448 g/mol. The number of hydrogen-bond donors (Lipinski definition) is 2. The van der Waals surface area contributed by atoms with Gasteiger partial charge in [-0.05, 0) is 18.2 Å². The van der Waals surface area contributed by atoms with Crippen LogP contribution in [-0.4, -0.2) is 41.2 Å². The molecule has 3 heterocycles. The molecule has 170 valence electrons. The van der Waals surface area contributed by atoms with E-state index in [4.69, 9.17) is 16.3 Å². The lowest BCUT2D eigenvalue weighted by Crippen LogP contribution is -2.26. The molecule has 4 rings (SSSR count). The van der Waals surface area contributed by atoms with Crippen LogP contribution in [0.3, 0.4) is 0 Å². The van der Waals surface area contributed by atoms with E-state index in [0.29, 0.717) is 17.3 Å². The molecule has 2 N–H and O–H groups in total. The van der Waals surface area contributed by atoms with Gasteiger partial charge in [0.1, 0.15) is 11.4 Å². The van der Waals surface area contributed by atoms with Gasteiger partial charge in [-0.2, -0.15) is 15.3 Å². The lowest BCUT2D eigenvalue weighted by Gasteiger charge is -2.08. The Hall–Kier alpha value is -4.12. The monoisotopic (exact) mass is 468 g/mol. The number of carbonyl (C=O) groups excluding carboxylic acids is 2. The van der Waals surface area contributed by atoms with Crippen molar-refractivity contribution in [1.82, 2.24) is 34.7 Å². The number of nitrogens with one attached hydrogen (secondary N) is 2. The number of rotatable bonds is 8. The summed E-state index contributed by atoms with van der Waals surface area (Å²) in [4.78, 5) is 25.4. The summed E-state index contributed by atoms with van der Waals surface area (Å²) in [5, 5.41) is 18.3. The summed E-state index contributed by atoms with van der Waals surface area (Å²) in [6.45, 7) is 0.368. The highest BCUT2D eigenvalue weighted by molar-refractivity contribution is 6.32. The van der Waals surface area contributed by atoms with Gasteiger partial charge in [-0.25, -0.2) is 4.68 Å². The molecule has 1 aromatic carbocycles. The van der Waals surface area contributed by atoms with Gasteiger partial charge in [0.05, 0.1) is 23.1 Å². The van der Waals surface area contributed by atoms with E-state index in [-0.39, 0.29) is 29.7 Å². The minimum absolute atomic E-state index is 0.0753. The zero-order valence-electron chi connectivity index (χ0n) is 17.9. The average molecular weight is 469 g/mol. The molecule has 4 aromatic rings. The predicted octanol–water partition coefficient (Wildman–Crippen LogP) is 2.22. The topological polar surface area (TPSA) is 121 Å². The van der Waals surface area contributed by atoms with Gasteiger partial charge in [0.2, 0.25) is 0 Å². The summed E-state index contributed by atoms with van der Waals surface area (Å²) in [6, 6.07) is 8.61. The van der Waals surface area contributed by atoms with E-state index in [0.717, 1.165) is 5.56 Å². The van der Waals surface area contributed by atoms with Crippen LogP contribution in [0, 0.1) is 0 Å². The number of aromatic nitrogens is 6. The Morgan fingerprint density at radius 2 is 1.91 bits per heavy atom. The Bertz CT molecular complexity index is 1290. The SMILES string of the molecule is Cn1cc(CNC(=O)c2c(NC(=O)c3ccn(COc4ccccc4Cl)n3)cnn2C)cn1. The number of anilines is 1. The van der Waals surface area contributed by atoms with Crippen molar-refractivity contribution in [2.24, 2.45) is 14.1 Å². The molecule has 0 aliphatic carbocycles. The first kappa shape index (κ1) is 22.1. The first-order chi connectivity index (χ1) is 15.9. The maximum Gasteiger partial charge on any atom is 0.276 e. The third-order valence-corrected chi connectivity index (χ3v) is 4.99. The minimum Gasteiger partial charge on any atom is -0.470 e. The highest BCUT2D eigenvalue weighted by Crippen LogP contribution is 2.23. The van der Waals surface area contributed by atoms with Crippen LogP contribution in [0.2, 0.25) is 5.02 Å². The highest BCUT2D eigenvalue weighted by Gasteiger charge is 2.20. The Kier molecular flexibility index (Phi) is 6.41. The molecule has 12 heteroatoms. The van der Waals surface area contributed by atoms with Gasteiger partial charge >= 0.3 is 0 Å². The molecule has 33 heavy (non-hydrogen) atoms. The lowest BCUT2D eigenvalue weighted by atomic mass is 10.3. The van der Waals surface area contributed by atoms with Gasteiger partial charge < -0.3 is 15.4 Å². The lowest BCUT2D eigenvalue weighted by molar-refractivity contribution is 0.0942. The number of halogens is 1. The molecule has 0 bridgehead atoms. The smallest absolute Gasteiger partial charge is 0.276 e. The fourth-order valence-corrected chi connectivity index (χ4v) is 3.26. The molecule has 0 saturated heterocycles. The number of hydrogen-bond acceptors (Lipinski definition) is 6. The standard InChI is InChI=1S/C21H21ClN8O3/c1-28-12-14(10-24-28)9-23-21(32)19-17(11-25-29(19)2)26-20(31)16-7-8-30(27-16)13-33-18-6-4-3-5-15(18)22/h3-8,10-12H,9,13H2,1-2H3,(H,23,32)(H,26,31). The van der Waals surface area contributed by atoms with E-state index < -0.39 is 5.91 Å². The number of para-hydroxylation sites is 1. The first-order valence-electron chi connectivity index (χ1n) is 9.90. The normalized spacial score (nSPS) is 10.8. The number of amides is 2. The summed E-state index contributed by atoms with van der Waals surface area (Å²) in [5.41, 5.74) is 1.49. The summed E-state index contributed by atoms with van der Waals surface area (Å²) >= 11 is 6.07. The van der Waals surface area contributed by atoms with E-state index in [1.54, 1.807) is 61.6 Å². The largest absolute Gasteiger partial charge is 0.470 e. The molecule has 0 unspecified atom stereocenters. The van der Waals surface area contributed by atoms with E-state index in [1.165, 1.54) is 15.6 Å². The average Bonchev–Trinajstić information content (AvgIpc) is 3.52. The number of carbonyl (C=O) groups is 2. The Balaban J connectivity index is 1.39.